The number of anilines is 1. The van der Waals surface area contributed by atoms with E-state index >= 15 is 0 Å². The molecule has 9 heteroatoms. The van der Waals surface area contributed by atoms with Crippen molar-refractivity contribution in [2.75, 3.05) is 44.7 Å². The van der Waals surface area contributed by atoms with Crippen LogP contribution in [0.2, 0.25) is 0 Å². The van der Waals surface area contributed by atoms with Crippen molar-refractivity contribution in [2.45, 2.75) is 25.6 Å². The van der Waals surface area contributed by atoms with Crippen molar-refractivity contribution >= 4 is 11.6 Å². The Morgan fingerprint density at radius 1 is 1.23 bits per heavy atom. The predicted octanol–water partition coefficient (Wildman–Crippen LogP) is 0.982. The smallest absolute Gasteiger partial charge is 0.211 e. The van der Waals surface area contributed by atoms with Crippen LogP contribution in [-0.2, 0) is 13.2 Å². The molecule has 1 saturated heterocycles. The largest absolute Gasteiger partial charge is 0.492 e. The molecule has 2 N–H and O–H groups in total. The first kappa shape index (κ1) is 19.2. The number of aliphatic hydroxyl groups is 1. The van der Waals surface area contributed by atoms with E-state index in [9.17, 15) is 5.11 Å². The zero-order valence-corrected chi connectivity index (χ0v) is 17.2. The lowest BCUT2D eigenvalue weighted by atomic mass is 10.0. The Bertz CT molecular complexity index is 1030. The van der Waals surface area contributed by atoms with E-state index in [0.717, 1.165) is 67.0 Å². The van der Waals surface area contributed by atoms with E-state index in [1.54, 1.807) is 6.20 Å². The van der Waals surface area contributed by atoms with E-state index < -0.39 is 0 Å². The van der Waals surface area contributed by atoms with Gasteiger partial charge in [-0.2, -0.15) is 0 Å². The minimum Gasteiger partial charge on any atom is -0.492 e. The van der Waals surface area contributed by atoms with Crippen LogP contribution < -0.4 is 15.0 Å². The Balaban J connectivity index is 1.48. The fraction of sp³-hybridized carbons (Fsp3) is 0.476. The van der Waals surface area contributed by atoms with Crippen LogP contribution in [0, 0.1) is 0 Å². The molecule has 1 atom stereocenters. The number of aromatic nitrogens is 4. The molecule has 0 bridgehead atoms. The van der Waals surface area contributed by atoms with Crippen molar-refractivity contribution in [1.29, 1.82) is 0 Å². The summed E-state index contributed by atoms with van der Waals surface area (Å²) in [6.45, 7) is 4.81. The zero-order chi connectivity index (χ0) is 20.5. The highest BCUT2D eigenvalue weighted by Gasteiger charge is 2.28. The van der Waals surface area contributed by atoms with Gasteiger partial charge in [-0.1, -0.05) is 0 Å². The Kier molecular flexibility index (Phi) is 5.24. The third-order valence-corrected chi connectivity index (χ3v) is 5.94. The number of rotatable bonds is 5. The molecule has 0 unspecified atom stereocenters. The number of aliphatic hydroxyl groups excluding tert-OH is 1. The van der Waals surface area contributed by atoms with Gasteiger partial charge in [-0.3, -0.25) is 14.3 Å². The lowest BCUT2D eigenvalue weighted by molar-refractivity contribution is 0.154. The average molecular weight is 409 g/mol. The number of pyridine rings is 1. The first-order valence-corrected chi connectivity index (χ1v) is 10.5. The molecule has 0 amide bonds. The standard InChI is InChI=1S/C21H27N7O2/c1-26(16-5-12-30-18-3-2-6-23-20(16)18)13-15-17(14-29)28-19(25-15)4-7-24-21(28)27-10-8-22-9-11-27/h2-4,6-7,16,22,29H,5,8-14H2,1H3/t16-/m0/s1. The number of fused-ring (bicyclic) bond motifs is 2. The van der Waals surface area contributed by atoms with E-state index in [-0.39, 0.29) is 12.6 Å². The zero-order valence-electron chi connectivity index (χ0n) is 17.2. The molecule has 3 aromatic rings. The number of ether oxygens (including phenoxy) is 1. The summed E-state index contributed by atoms with van der Waals surface area (Å²) in [5, 5.41) is 13.6. The van der Waals surface area contributed by atoms with Crippen LogP contribution in [0.5, 0.6) is 5.75 Å². The van der Waals surface area contributed by atoms with Gasteiger partial charge >= 0.3 is 0 Å². The summed E-state index contributed by atoms with van der Waals surface area (Å²) < 4.78 is 7.77. The molecular weight excluding hydrogens is 382 g/mol. The van der Waals surface area contributed by atoms with Crippen molar-refractivity contribution in [3.05, 3.63) is 47.7 Å². The van der Waals surface area contributed by atoms with E-state index in [1.807, 2.05) is 28.8 Å². The van der Waals surface area contributed by atoms with E-state index in [0.29, 0.717) is 13.2 Å². The van der Waals surface area contributed by atoms with Crippen LogP contribution in [-0.4, -0.2) is 69.2 Å². The van der Waals surface area contributed by atoms with Gasteiger partial charge < -0.3 is 20.1 Å². The minimum absolute atomic E-state index is 0.0856. The van der Waals surface area contributed by atoms with Gasteiger partial charge in [0.05, 0.1) is 36.3 Å². The summed E-state index contributed by atoms with van der Waals surface area (Å²) in [6, 6.07) is 5.92. The van der Waals surface area contributed by atoms with Crippen LogP contribution in [0.3, 0.4) is 0 Å². The van der Waals surface area contributed by atoms with Gasteiger partial charge in [0.1, 0.15) is 11.4 Å². The van der Waals surface area contributed by atoms with Crippen LogP contribution in [0.4, 0.5) is 5.95 Å². The summed E-state index contributed by atoms with van der Waals surface area (Å²) in [5.74, 6) is 1.70. The number of imidazole rings is 1. The molecule has 0 aliphatic carbocycles. The highest BCUT2D eigenvalue weighted by molar-refractivity contribution is 5.51. The van der Waals surface area contributed by atoms with Gasteiger partial charge in [-0.25, -0.2) is 9.97 Å². The molecule has 0 spiro atoms. The molecule has 5 heterocycles. The summed E-state index contributed by atoms with van der Waals surface area (Å²) in [7, 11) is 2.08. The number of nitrogens with zero attached hydrogens (tertiary/aromatic N) is 6. The van der Waals surface area contributed by atoms with Gasteiger partial charge in [0.15, 0.2) is 0 Å². The van der Waals surface area contributed by atoms with Crippen molar-refractivity contribution in [2.24, 2.45) is 0 Å². The van der Waals surface area contributed by atoms with Crippen LogP contribution in [0.1, 0.15) is 29.5 Å². The summed E-state index contributed by atoms with van der Waals surface area (Å²) in [6.07, 6.45) is 4.48. The second-order valence-electron chi connectivity index (χ2n) is 7.79. The van der Waals surface area contributed by atoms with E-state index in [2.05, 4.69) is 32.1 Å². The molecule has 158 valence electrons. The fourth-order valence-electron chi connectivity index (χ4n) is 4.43. The van der Waals surface area contributed by atoms with Gasteiger partial charge in [0.25, 0.3) is 0 Å². The summed E-state index contributed by atoms with van der Waals surface area (Å²) in [4.78, 5) is 18.5. The van der Waals surface area contributed by atoms with Gasteiger partial charge in [-0.15, -0.1) is 0 Å². The maximum Gasteiger partial charge on any atom is 0.211 e. The molecule has 1 fully saturated rings. The van der Waals surface area contributed by atoms with E-state index in [1.165, 1.54) is 0 Å². The maximum absolute atomic E-state index is 10.2. The summed E-state index contributed by atoms with van der Waals surface area (Å²) >= 11 is 0. The van der Waals surface area contributed by atoms with Crippen LogP contribution in [0.25, 0.3) is 5.65 Å². The Labute approximate surface area is 175 Å². The number of nitrogens with one attached hydrogen (secondary N) is 1. The first-order chi connectivity index (χ1) is 14.8. The SMILES string of the molecule is CN(Cc1nc2ccnc(N3CCNCC3)n2c1CO)[C@H]1CCOc2cccnc21. The minimum atomic E-state index is -0.0856. The Morgan fingerprint density at radius 2 is 2.10 bits per heavy atom. The average Bonchev–Trinajstić information content (AvgIpc) is 3.16. The molecule has 0 aromatic carbocycles. The third kappa shape index (κ3) is 3.38. The first-order valence-electron chi connectivity index (χ1n) is 10.5. The van der Waals surface area contributed by atoms with Crippen molar-refractivity contribution in [3.8, 4) is 5.75 Å². The number of hydrogen-bond acceptors (Lipinski definition) is 8. The van der Waals surface area contributed by atoms with Gasteiger partial charge in [0, 0.05) is 51.5 Å². The number of piperazine rings is 1. The van der Waals surface area contributed by atoms with Crippen molar-refractivity contribution in [1.82, 2.24) is 29.6 Å². The number of hydrogen-bond donors (Lipinski definition) is 2. The molecule has 2 aliphatic heterocycles. The molecule has 30 heavy (non-hydrogen) atoms. The highest BCUT2D eigenvalue weighted by atomic mass is 16.5. The monoisotopic (exact) mass is 409 g/mol. The fourth-order valence-corrected chi connectivity index (χ4v) is 4.43. The topological polar surface area (TPSA) is 91.1 Å². The Hall–Kier alpha value is -2.75. The highest BCUT2D eigenvalue weighted by Crippen LogP contribution is 2.34. The van der Waals surface area contributed by atoms with Crippen LogP contribution in [0.15, 0.2) is 30.6 Å². The van der Waals surface area contributed by atoms with Crippen LogP contribution >= 0.6 is 0 Å². The van der Waals surface area contributed by atoms with Crippen molar-refractivity contribution < 1.29 is 9.84 Å². The Morgan fingerprint density at radius 3 is 2.93 bits per heavy atom. The van der Waals surface area contributed by atoms with Crippen molar-refractivity contribution in [3.63, 3.8) is 0 Å². The molecule has 0 saturated carbocycles. The second kappa shape index (κ2) is 8.17. The molecule has 0 radical (unpaired) electrons. The molecule has 2 aliphatic rings. The van der Waals surface area contributed by atoms with Gasteiger partial charge in [0.2, 0.25) is 5.95 Å². The quantitative estimate of drug-likeness (QED) is 0.645. The molecule has 3 aromatic heterocycles. The molecule has 9 nitrogen and oxygen atoms in total. The normalized spacial score (nSPS) is 19.2. The predicted molar refractivity (Wildman–Crippen MR) is 113 cm³/mol. The second-order valence-corrected chi connectivity index (χ2v) is 7.79. The molecule has 5 rings (SSSR count). The molecular formula is C21H27N7O2. The van der Waals surface area contributed by atoms with Gasteiger partial charge in [-0.05, 0) is 25.2 Å². The lowest BCUT2D eigenvalue weighted by Gasteiger charge is -2.32. The van der Waals surface area contributed by atoms with E-state index in [4.69, 9.17) is 9.72 Å². The third-order valence-electron chi connectivity index (χ3n) is 5.94. The maximum atomic E-state index is 10.2. The summed E-state index contributed by atoms with van der Waals surface area (Å²) in [5.41, 5.74) is 3.44. The lowest BCUT2D eigenvalue weighted by Crippen LogP contribution is -2.44.